The lowest BCUT2D eigenvalue weighted by Gasteiger charge is -2.47. The third kappa shape index (κ3) is 3.87. The summed E-state index contributed by atoms with van der Waals surface area (Å²) in [6, 6.07) is 0.657. The molecule has 4 fully saturated rings. The van der Waals surface area contributed by atoms with Crippen molar-refractivity contribution in [2.24, 2.45) is 10.4 Å². The molecule has 1 N–H and O–H groups in total. The number of guanidine groups is 1. The van der Waals surface area contributed by atoms with Crippen LogP contribution in [0.15, 0.2) is 4.99 Å². The highest BCUT2D eigenvalue weighted by Gasteiger charge is 2.35. The van der Waals surface area contributed by atoms with Gasteiger partial charge in [-0.1, -0.05) is 13.8 Å². The molecule has 0 spiro atoms. The lowest BCUT2D eigenvalue weighted by molar-refractivity contribution is 0.0152. The van der Waals surface area contributed by atoms with E-state index in [9.17, 15) is 0 Å². The molecule has 6 heteroatoms. The van der Waals surface area contributed by atoms with Gasteiger partial charge >= 0.3 is 0 Å². The van der Waals surface area contributed by atoms with Gasteiger partial charge in [-0.2, -0.15) is 0 Å². The summed E-state index contributed by atoms with van der Waals surface area (Å²) in [7, 11) is 1.92. The van der Waals surface area contributed by atoms with Gasteiger partial charge in [-0.05, 0) is 18.3 Å². The molecule has 0 aromatic rings. The topological polar surface area (TPSA) is 34.1 Å². The summed E-state index contributed by atoms with van der Waals surface area (Å²) in [6.07, 6.45) is 2.54. The van der Waals surface area contributed by atoms with Crippen LogP contribution in [0.1, 0.15) is 26.7 Å². The van der Waals surface area contributed by atoms with Gasteiger partial charge in [0.25, 0.3) is 0 Å². The van der Waals surface area contributed by atoms with E-state index in [-0.39, 0.29) is 24.0 Å². The first kappa shape index (κ1) is 18.3. The number of piperazine rings is 3. The number of hydrogen-bond acceptors (Lipinski definition) is 3. The molecule has 5 nitrogen and oxygen atoms in total. The Morgan fingerprint density at radius 1 is 1.23 bits per heavy atom. The third-order valence-electron chi connectivity index (χ3n) is 5.81. The van der Waals surface area contributed by atoms with E-state index in [1.54, 1.807) is 0 Å². The molecule has 2 bridgehead atoms. The van der Waals surface area contributed by atoms with Gasteiger partial charge in [0.2, 0.25) is 0 Å². The number of halogens is 1. The minimum Gasteiger partial charge on any atom is -0.355 e. The molecule has 0 aromatic carbocycles. The lowest BCUT2D eigenvalue weighted by Crippen LogP contribution is -2.64. The highest BCUT2D eigenvalue weighted by molar-refractivity contribution is 14.0. The average molecular weight is 421 g/mol. The second-order valence-corrected chi connectivity index (χ2v) is 7.25. The van der Waals surface area contributed by atoms with E-state index in [2.05, 4.69) is 38.9 Å². The molecule has 0 amide bonds. The molecule has 4 aliphatic rings. The van der Waals surface area contributed by atoms with Crippen LogP contribution in [-0.4, -0.2) is 86.1 Å². The van der Waals surface area contributed by atoms with Crippen molar-refractivity contribution in [1.29, 1.82) is 0 Å². The molecule has 2 unspecified atom stereocenters. The molecule has 2 atom stereocenters. The zero-order chi connectivity index (χ0) is 14.9. The molecule has 0 radical (unpaired) electrons. The first-order valence-corrected chi connectivity index (χ1v) is 8.55. The van der Waals surface area contributed by atoms with Gasteiger partial charge in [0, 0.05) is 65.4 Å². The molecule has 4 heterocycles. The van der Waals surface area contributed by atoms with E-state index in [4.69, 9.17) is 0 Å². The van der Waals surface area contributed by atoms with Crippen LogP contribution in [0.4, 0.5) is 0 Å². The molecule has 128 valence electrons. The predicted octanol–water partition coefficient (Wildman–Crippen LogP) is 1.30. The molecular formula is C16H32IN5. The number of likely N-dealkylation sites (tertiary alicyclic amines) is 1. The van der Waals surface area contributed by atoms with Crippen LogP contribution in [0, 0.1) is 5.41 Å². The lowest BCUT2D eigenvalue weighted by atomic mass is 9.87. The van der Waals surface area contributed by atoms with Gasteiger partial charge < -0.3 is 10.2 Å². The Labute approximate surface area is 152 Å². The van der Waals surface area contributed by atoms with Crippen LogP contribution in [-0.2, 0) is 0 Å². The Bertz CT molecular complexity index is 394. The first-order chi connectivity index (χ1) is 10.1. The smallest absolute Gasteiger partial charge is 0.193 e. The largest absolute Gasteiger partial charge is 0.355 e. The van der Waals surface area contributed by atoms with Crippen molar-refractivity contribution in [1.82, 2.24) is 20.0 Å². The fourth-order valence-electron chi connectivity index (χ4n) is 3.95. The van der Waals surface area contributed by atoms with Gasteiger partial charge in [0.05, 0.1) is 0 Å². The van der Waals surface area contributed by atoms with E-state index in [0.717, 1.165) is 25.6 Å². The molecule has 4 saturated heterocycles. The number of hydrogen-bond donors (Lipinski definition) is 1. The second kappa shape index (κ2) is 7.66. The second-order valence-electron chi connectivity index (χ2n) is 7.25. The third-order valence-corrected chi connectivity index (χ3v) is 5.81. The summed E-state index contributed by atoms with van der Waals surface area (Å²) in [6.45, 7) is 14.2. The van der Waals surface area contributed by atoms with E-state index in [1.807, 2.05) is 7.05 Å². The van der Waals surface area contributed by atoms with Gasteiger partial charge in [0.15, 0.2) is 5.96 Å². The Morgan fingerprint density at radius 3 is 2.45 bits per heavy atom. The zero-order valence-electron chi connectivity index (χ0n) is 14.3. The standard InChI is InChI=1S/C16H31N5.HI/c1-4-16(2)5-6-21(13-16)15(17-3)18-11-14-12-19-7-9-20(14)10-8-19;/h14H,4-13H2,1-3H3,(H,17,18);1H. The van der Waals surface area contributed by atoms with Gasteiger partial charge in [0.1, 0.15) is 0 Å². The Kier molecular flexibility index (Phi) is 6.36. The molecule has 0 saturated carbocycles. The van der Waals surface area contributed by atoms with Crippen molar-refractivity contribution in [3.63, 3.8) is 0 Å². The van der Waals surface area contributed by atoms with Crippen molar-refractivity contribution >= 4 is 29.9 Å². The Hall–Kier alpha value is -0.0800. The van der Waals surface area contributed by atoms with Crippen molar-refractivity contribution < 1.29 is 0 Å². The van der Waals surface area contributed by atoms with Crippen LogP contribution in [0.2, 0.25) is 0 Å². The van der Waals surface area contributed by atoms with Crippen LogP contribution < -0.4 is 5.32 Å². The summed E-state index contributed by atoms with van der Waals surface area (Å²) < 4.78 is 0. The average Bonchev–Trinajstić information content (AvgIpc) is 2.92. The van der Waals surface area contributed by atoms with Gasteiger partial charge in [-0.25, -0.2) is 0 Å². The molecule has 0 aliphatic carbocycles. The number of nitrogens with zero attached hydrogens (tertiary/aromatic N) is 4. The maximum atomic E-state index is 4.52. The van der Waals surface area contributed by atoms with Crippen molar-refractivity contribution in [3.05, 3.63) is 0 Å². The fraction of sp³-hybridized carbons (Fsp3) is 0.938. The minimum atomic E-state index is 0. The van der Waals surface area contributed by atoms with Crippen molar-refractivity contribution in [3.8, 4) is 0 Å². The van der Waals surface area contributed by atoms with Gasteiger partial charge in [-0.3, -0.25) is 14.8 Å². The van der Waals surface area contributed by atoms with Crippen LogP contribution in [0.25, 0.3) is 0 Å². The molecule has 22 heavy (non-hydrogen) atoms. The quantitative estimate of drug-likeness (QED) is 0.423. The summed E-state index contributed by atoms with van der Waals surface area (Å²) in [5.74, 6) is 1.10. The Balaban J connectivity index is 0.00000176. The first-order valence-electron chi connectivity index (χ1n) is 8.55. The zero-order valence-corrected chi connectivity index (χ0v) is 16.7. The van der Waals surface area contributed by atoms with Crippen LogP contribution in [0.3, 0.4) is 0 Å². The normalized spacial score (nSPS) is 38.0. The monoisotopic (exact) mass is 421 g/mol. The maximum Gasteiger partial charge on any atom is 0.193 e. The van der Waals surface area contributed by atoms with E-state index in [1.165, 1.54) is 45.6 Å². The van der Waals surface area contributed by atoms with Crippen molar-refractivity contribution in [2.45, 2.75) is 32.7 Å². The SMILES string of the molecule is CCC1(C)CCN(C(=NC)NCC2CN3CCN2CC3)C1.I. The maximum absolute atomic E-state index is 4.52. The summed E-state index contributed by atoms with van der Waals surface area (Å²) in [5.41, 5.74) is 0.469. The number of aliphatic imine (C=N–C) groups is 1. The summed E-state index contributed by atoms with van der Waals surface area (Å²) in [5, 5.41) is 3.64. The molecule has 4 rings (SSSR count). The van der Waals surface area contributed by atoms with Crippen molar-refractivity contribution in [2.75, 3.05) is 59.4 Å². The minimum absolute atomic E-state index is 0. The molecule has 4 aliphatic heterocycles. The fourth-order valence-corrected chi connectivity index (χ4v) is 3.95. The molecular weight excluding hydrogens is 389 g/mol. The van der Waals surface area contributed by atoms with Gasteiger partial charge in [-0.15, -0.1) is 24.0 Å². The number of rotatable bonds is 3. The van der Waals surface area contributed by atoms with Crippen LogP contribution >= 0.6 is 24.0 Å². The van der Waals surface area contributed by atoms with E-state index >= 15 is 0 Å². The van der Waals surface area contributed by atoms with E-state index in [0.29, 0.717) is 11.5 Å². The highest BCUT2D eigenvalue weighted by atomic mass is 127. The Morgan fingerprint density at radius 2 is 1.95 bits per heavy atom. The number of fused-ring (bicyclic) bond motifs is 3. The summed E-state index contributed by atoms with van der Waals surface area (Å²) in [4.78, 5) is 12.2. The predicted molar refractivity (Wildman–Crippen MR) is 103 cm³/mol. The number of nitrogens with one attached hydrogen (secondary N) is 1. The highest BCUT2D eigenvalue weighted by Crippen LogP contribution is 2.32. The summed E-state index contributed by atoms with van der Waals surface area (Å²) >= 11 is 0. The van der Waals surface area contributed by atoms with Crippen LogP contribution in [0.5, 0.6) is 0 Å². The molecule has 0 aromatic heterocycles. The van der Waals surface area contributed by atoms with E-state index < -0.39 is 0 Å².